The Morgan fingerprint density at radius 1 is 1.31 bits per heavy atom. The fourth-order valence-electron chi connectivity index (χ4n) is 3.12. The number of benzene rings is 1. The van der Waals surface area contributed by atoms with Gasteiger partial charge in [0, 0.05) is 12.0 Å². The van der Waals surface area contributed by atoms with Gasteiger partial charge in [-0.05, 0) is 45.0 Å². The first-order valence-corrected chi connectivity index (χ1v) is 8.63. The first-order chi connectivity index (χ1) is 12.6. The van der Waals surface area contributed by atoms with Gasteiger partial charge in [-0.2, -0.15) is 4.98 Å². The maximum absolute atomic E-state index is 12.4. The second-order valence-electron chi connectivity index (χ2n) is 6.34. The highest BCUT2D eigenvalue weighted by Crippen LogP contribution is 2.29. The number of methoxy groups -OCH3 is 2. The van der Waals surface area contributed by atoms with Gasteiger partial charge in [-0.3, -0.25) is 9.69 Å². The zero-order chi connectivity index (χ0) is 18.5. The van der Waals surface area contributed by atoms with Gasteiger partial charge in [0.1, 0.15) is 11.5 Å². The van der Waals surface area contributed by atoms with Crippen molar-refractivity contribution in [2.45, 2.75) is 25.7 Å². The van der Waals surface area contributed by atoms with E-state index in [0.717, 1.165) is 25.9 Å². The molecule has 1 aromatic heterocycles. The van der Waals surface area contributed by atoms with Crippen LogP contribution in [0.2, 0.25) is 0 Å². The summed E-state index contributed by atoms with van der Waals surface area (Å²) < 4.78 is 15.8. The summed E-state index contributed by atoms with van der Waals surface area (Å²) in [6.45, 7) is 3.78. The number of aryl methyl sites for hydroxylation is 1. The normalized spacial score (nSPS) is 15.7. The Balaban J connectivity index is 1.53. The van der Waals surface area contributed by atoms with Gasteiger partial charge in [0.2, 0.25) is 11.8 Å². The number of rotatable bonds is 6. The Hall–Kier alpha value is -2.61. The lowest BCUT2D eigenvalue weighted by atomic mass is 9.97. The molecule has 0 spiro atoms. The molecule has 2 aromatic rings. The number of aromatic nitrogens is 2. The molecule has 1 amide bonds. The van der Waals surface area contributed by atoms with Crippen molar-refractivity contribution in [1.29, 1.82) is 0 Å². The number of nitrogens with zero attached hydrogens (tertiary/aromatic N) is 3. The minimum Gasteiger partial charge on any atom is -0.497 e. The van der Waals surface area contributed by atoms with Crippen LogP contribution in [0.5, 0.6) is 11.5 Å². The minimum absolute atomic E-state index is 0.0800. The van der Waals surface area contributed by atoms with Crippen LogP contribution < -0.4 is 14.8 Å². The highest BCUT2D eigenvalue weighted by molar-refractivity contribution is 5.94. The maximum Gasteiger partial charge on any atom is 0.238 e. The molecule has 0 saturated carbocycles. The van der Waals surface area contributed by atoms with Crippen molar-refractivity contribution in [2.75, 3.05) is 39.2 Å². The molecule has 1 saturated heterocycles. The summed E-state index contributed by atoms with van der Waals surface area (Å²) in [5, 5.41) is 6.75. The van der Waals surface area contributed by atoms with Crippen LogP contribution in [0.4, 0.5) is 5.69 Å². The molecular formula is C18H24N4O4. The molecule has 140 valence electrons. The van der Waals surface area contributed by atoms with Crippen molar-refractivity contribution >= 4 is 11.6 Å². The van der Waals surface area contributed by atoms with Crippen LogP contribution in [0.25, 0.3) is 0 Å². The standard InChI is InChI=1S/C18H24N4O4/c1-12-19-18(26-21-12)13-6-8-22(9-7-13)11-17(23)20-15-10-14(24-2)4-5-16(15)25-3/h4-5,10,13H,6-9,11H2,1-3H3,(H,20,23). The Kier molecular flexibility index (Phi) is 5.72. The fourth-order valence-corrected chi connectivity index (χ4v) is 3.12. The van der Waals surface area contributed by atoms with Crippen LogP contribution in [0.3, 0.4) is 0 Å². The number of piperidine rings is 1. The van der Waals surface area contributed by atoms with Crippen molar-refractivity contribution in [1.82, 2.24) is 15.0 Å². The number of nitrogens with one attached hydrogen (secondary N) is 1. The summed E-state index contributed by atoms with van der Waals surface area (Å²) in [5.41, 5.74) is 0.605. The molecule has 0 unspecified atom stereocenters. The number of anilines is 1. The van der Waals surface area contributed by atoms with E-state index in [2.05, 4.69) is 20.4 Å². The van der Waals surface area contributed by atoms with Crippen LogP contribution in [-0.2, 0) is 4.79 Å². The number of amides is 1. The smallest absolute Gasteiger partial charge is 0.238 e. The van der Waals surface area contributed by atoms with Gasteiger partial charge in [-0.25, -0.2) is 0 Å². The zero-order valence-electron chi connectivity index (χ0n) is 15.3. The number of ether oxygens (including phenoxy) is 2. The monoisotopic (exact) mass is 360 g/mol. The third-order valence-corrected chi connectivity index (χ3v) is 4.53. The summed E-state index contributed by atoms with van der Waals surface area (Å²) in [4.78, 5) is 18.9. The van der Waals surface area contributed by atoms with Crippen molar-refractivity contribution in [3.63, 3.8) is 0 Å². The predicted molar refractivity (Wildman–Crippen MR) is 95.6 cm³/mol. The second-order valence-corrected chi connectivity index (χ2v) is 6.34. The molecule has 1 aliphatic heterocycles. The molecule has 1 aromatic carbocycles. The molecule has 0 radical (unpaired) electrons. The molecule has 26 heavy (non-hydrogen) atoms. The Labute approximate surface area is 152 Å². The molecule has 1 N–H and O–H groups in total. The molecule has 2 heterocycles. The van der Waals surface area contributed by atoms with E-state index >= 15 is 0 Å². The van der Waals surface area contributed by atoms with E-state index in [1.807, 2.05) is 6.92 Å². The predicted octanol–water partition coefficient (Wildman–Crippen LogP) is 2.21. The van der Waals surface area contributed by atoms with Gasteiger partial charge >= 0.3 is 0 Å². The zero-order valence-corrected chi connectivity index (χ0v) is 15.3. The maximum atomic E-state index is 12.4. The fraction of sp³-hybridized carbons (Fsp3) is 0.500. The molecule has 8 heteroatoms. The van der Waals surface area contributed by atoms with E-state index in [4.69, 9.17) is 14.0 Å². The Bertz CT molecular complexity index is 753. The van der Waals surface area contributed by atoms with Crippen molar-refractivity contribution < 1.29 is 18.8 Å². The van der Waals surface area contributed by atoms with E-state index in [1.54, 1.807) is 32.4 Å². The number of hydrogen-bond acceptors (Lipinski definition) is 7. The average molecular weight is 360 g/mol. The largest absolute Gasteiger partial charge is 0.497 e. The van der Waals surface area contributed by atoms with Gasteiger partial charge in [-0.15, -0.1) is 0 Å². The summed E-state index contributed by atoms with van der Waals surface area (Å²) in [6.07, 6.45) is 1.80. The molecule has 8 nitrogen and oxygen atoms in total. The van der Waals surface area contributed by atoms with Crippen molar-refractivity contribution in [2.24, 2.45) is 0 Å². The van der Waals surface area contributed by atoms with Gasteiger partial charge in [-0.1, -0.05) is 5.16 Å². The van der Waals surface area contributed by atoms with E-state index in [-0.39, 0.29) is 11.8 Å². The van der Waals surface area contributed by atoms with Gasteiger partial charge in [0.25, 0.3) is 0 Å². The van der Waals surface area contributed by atoms with Crippen molar-refractivity contribution in [3.05, 3.63) is 29.9 Å². The summed E-state index contributed by atoms with van der Waals surface area (Å²) in [5.74, 6) is 2.82. The van der Waals surface area contributed by atoms with Gasteiger partial charge in [0.05, 0.1) is 26.5 Å². The quantitative estimate of drug-likeness (QED) is 0.845. The SMILES string of the molecule is COc1ccc(OC)c(NC(=O)CN2CCC(c3nc(C)no3)CC2)c1. The molecule has 0 atom stereocenters. The van der Waals surface area contributed by atoms with Crippen molar-refractivity contribution in [3.8, 4) is 11.5 Å². The number of carbonyl (C=O) groups is 1. The average Bonchev–Trinajstić information content (AvgIpc) is 3.08. The topological polar surface area (TPSA) is 89.7 Å². The Morgan fingerprint density at radius 2 is 2.08 bits per heavy atom. The lowest BCUT2D eigenvalue weighted by Gasteiger charge is -2.29. The van der Waals surface area contributed by atoms with Crippen LogP contribution in [-0.4, -0.2) is 54.8 Å². The van der Waals surface area contributed by atoms with Gasteiger partial charge in [0.15, 0.2) is 5.82 Å². The molecule has 3 rings (SSSR count). The van der Waals surface area contributed by atoms with E-state index in [0.29, 0.717) is 35.4 Å². The third-order valence-electron chi connectivity index (χ3n) is 4.53. The highest BCUT2D eigenvalue weighted by atomic mass is 16.5. The molecule has 1 fully saturated rings. The second kappa shape index (κ2) is 8.18. The summed E-state index contributed by atoms with van der Waals surface area (Å²) in [6, 6.07) is 5.31. The molecule has 0 aliphatic carbocycles. The number of likely N-dealkylation sites (tertiary alicyclic amines) is 1. The molecular weight excluding hydrogens is 336 g/mol. The first-order valence-electron chi connectivity index (χ1n) is 8.63. The minimum atomic E-state index is -0.0800. The summed E-state index contributed by atoms with van der Waals surface area (Å²) >= 11 is 0. The van der Waals surface area contributed by atoms with E-state index in [1.165, 1.54) is 0 Å². The first kappa shape index (κ1) is 18.2. The van der Waals surface area contributed by atoms with Gasteiger partial charge < -0.3 is 19.3 Å². The van der Waals surface area contributed by atoms with E-state index in [9.17, 15) is 4.79 Å². The molecule has 1 aliphatic rings. The number of carbonyl (C=O) groups excluding carboxylic acids is 1. The van der Waals surface area contributed by atoms with E-state index < -0.39 is 0 Å². The third kappa shape index (κ3) is 4.32. The summed E-state index contributed by atoms with van der Waals surface area (Å²) in [7, 11) is 3.16. The van der Waals surface area contributed by atoms with Crippen LogP contribution in [0.15, 0.2) is 22.7 Å². The van der Waals surface area contributed by atoms with Crippen LogP contribution in [0, 0.1) is 6.92 Å². The lowest BCUT2D eigenvalue weighted by Crippen LogP contribution is -2.38. The molecule has 0 bridgehead atoms. The lowest BCUT2D eigenvalue weighted by molar-refractivity contribution is -0.117. The Morgan fingerprint density at radius 3 is 2.69 bits per heavy atom. The highest BCUT2D eigenvalue weighted by Gasteiger charge is 2.26. The number of hydrogen-bond donors (Lipinski definition) is 1. The van der Waals surface area contributed by atoms with Crippen LogP contribution in [0.1, 0.15) is 30.5 Å². The van der Waals surface area contributed by atoms with Crippen LogP contribution >= 0.6 is 0 Å².